The second kappa shape index (κ2) is 11.4. The maximum atomic E-state index is 11.5. The number of unbranched alkanes of at least 4 members (excludes halogenated alkanes) is 3. The van der Waals surface area contributed by atoms with Crippen LogP contribution in [-0.2, 0) is 19.4 Å². The van der Waals surface area contributed by atoms with Gasteiger partial charge < -0.3 is 9.47 Å². The topological polar surface area (TPSA) is 69.7 Å². The van der Waals surface area contributed by atoms with Crippen LogP contribution in [0.4, 0.5) is 0 Å². The molecule has 0 bridgehead atoms. The van der Waals surface area contributed by atoms with Crippen LogP contribution in [0, 0.1) is 0 Å². The van der Waals surface area contributed by atoms with E-state index in [1.165, 1.54) is 13.2 Å². The normalized spacial score (nSPS) is 11.5. The van der Waals surface area contributed by atoms with Crippen LogP contribution in [0.25, 0.3) is 12.2 Å². The van der Waals surface area contributed by atoms with E-state index in [1.807, 2.05) is 36.4 Å². The van der Waals surface area contributed by atoms with E-state index in [4.69, 9.17) is 9.47 Å². The number of sulfone groups is 1. The molecule has 0 saturated heterocycles. The predicted octanol–water partition coefficient (Wildman–Crippen LogP) is 4.76. The van der Waals surface area contributed by atoms with E-state index in [0.717, 1.165) is 42.6 Å². The molecule has 6 heteroatoms. The van der Waals surface area contributed by atoms with Crippen molar-refractivity contribution in [3.63, 3.8) is 0 Å². The van der Waals surface area contributed by atoms with Gasteiger partial charge in [0.25, 0.3) is 0 Å². The highest BCUT2D eigenvalue weighted by Crippen LogP contribution is 2.16. The number of ether oxygens (including phenoxy) is 2. The third-order valence-electron chi connectivity index (χ3n) is 4.27. The van der Waals surface area contributed by atoms with Gasteiger partial charge in [-0.05, 0) is 61.1 Å². The first kappa shape index (κ1) is 22.7. The van der Waals surface area contributed by atoms with Crippen LogP contribution in [0.2, 0.25) is 0 Å². The minimum atomic E-state index is -3.17. The van der Waals surface area contributed by atoms with Crippen LogP contribution in [0.3, 0.4) is 0 Å². The molecule has 0 unspecified atom stereocenters. The molecular formula is C23H28O5S. The summed E-state index contributed by atoms with van der Waals surface area (Å²) in [4.78, 5) is 11.0. The van der Waals surface area contributed by atoms with Crippen molar-refractivity contribution in [1.82, 2.24) is 0 Å². The fourth-order valence-electron chi connectivity index (χ4n) is 2.66. The molecule has 0 fully saturated rings. The zero-order valence-corrected chi connectivity index (χ0v) is 17.8. The number of hydrogen-bond acceptors (Lipinski definition) is 5. The zero-order chi connectivity index (χ0) is 21.1. The van der Waals surface area contributed by atoms with E-state index in [0.29, 0.717) is 18.1 Å². The van der Waals surface area contributed by atoms with Gasteiger partial charge in [-0.15, -0.1) is 0 Å². The molecule has 0 aromatic heterocycles. The Morgan fingerprint density at radius 2 is 1.34 bits per heavy atom. The maximum absolute atomic E-state index is 11.5. The highest BCUT2D eigenvalue weighted by molar-refractivity contribution is 7.90. The Hall–Kier alpha value is -2.60. The standard InChI is InChI=1S/C23H28O5S/c1-19(24)27-17-5-3-4-6-18-28-22-13-9-20(10-14-22)7-8-21-11-15-23(16-12-21)29(2,25)26/h7-16H,3-6,17-18H2,1-2H3/b8-7+. The molecule has 0 aliphatic rings. The summed E-state index contributed by atoms with van der Waals surface area (Å²) < 4.78 is 33.6. The molecule has 2 aromatic rings. The van der Waals surface area contributed by atoms with Gasteiger partial charge in [0.05, 0.1) is 18.1 Å². The number of hydrogen-bond donors (Lipinski definition) is 0. The summed E-state index contributed by atoms with van der Waals surface area (Å²) in [5.41, 5.74) is 1.97. The van der Waals surface area contributed by atoms with Gasteiger partial charge in [-0.2, -0.15) is 0 Å². The van der Waals surface area contributed by atoms with Crippen molar-refractivity contribution in [2.45, 2.75) is 37.5 Å². The average Bonchev–Trinajstić information content (AvgIpc) is 2.69. The van der Waals surface area contributed by atoms with Crippen molar-refractivity contribution in [1.29, 1.82) is 0 Å². The fourth-order valence-corrected chi connectivity index (χ4v) is 3.29. The molecule has 29 heavy (non-hydrogen) atoms. The Labute approximate surface area is 173 Å². The highest BCUT2D eigenvalue weighted by atomic mass is 32.2. The predicted molar refractivity (Wildman–Crippen MR) is 116 cm³/mol. The molecule has 0 atom stereocenters. The molecular weight excluding hydrogens is 388 g/mol. The number of benzene rings is 2. The van der Waals surface area contributed by atoms with Crippen LogP contribution in [0.15, 0.2) is 53.4 Å². The number of carbonyl (C=O) groups is 1. The SMILES string of the molecule is CC(=O)OCCCCCCOc1ccc(/C=C/c2ccc(S(C)(=O)=O)cc2)cc1. The summed E-state index contributed by atoms with van der Waals surface area (Å²) in [6.07, 6.45) is 9.03. The van der Waals surface area contributed by atoms with Crippen LogP contribution < -0.4 is 4.74 Å². The Morgan fingerprint density at radius 3 is 1.86 bits per heavy atom. The van der Waals surface area contributed by atoms with Crippen molar-refractivity contribution in [3.8, 4) is 5.75 Å². The Morgan fingerprint density at radius 1 is 0.828 bits per heavy atom. The average molecular weight is 417 g/mol. The van der Waals surface area contributed by atoms with E-state index >= 15 is 0 Å². The van der Waals surface area contributed by atoms with E-state index in [2.05, 4.69) is 0 Å². The van der Waals surface area contributed by atoms with E-state index in [1.54, 1.807) is 24.3 Å². The van der Waals surface area contributed by atoms with Gasteiger partial charge in [-0.1, -0.05) is 36.4 Å². The van der Waals surface area contributed by atoms with Crippen LogP contribution in [0.1, 0.15) is 43.7 Å². The lowest BCUT2D eigenvalue weighted by Crippen LogP contribution is -2.01. The van der Waals surface area contributed by atoms with Gasteiger partial charge in [0, 0.05) is 13.2 Å². The Bertz CT molecular complexity index is 897. The van der Waals surface area contributed by atoms with Gasteiger partial charge in [0.15, 0.2) is 9.84 Å². The third-order valence-corrected chi connectivity index (χ3v) is 5.40. The molecule has 0 N–H and O–H groups in total. The summed E-state index contributed by atoms with van der Waals surface area (Å²) in [6.45, 7) is 2.58. The van der Waals surface area contributed by atoms with Gasteiger partial charge in [0.2, 0.25) is 0 Å². The minimum Gasteiger partial charge on any atom is -0.494 e. The summed E-state index contributed by atoms with van der Waals surface area (Å²) in [6, 6.07) is 14.6. The maximum Gasteiger partial charge on any atom is 0.302 e. The highest BCUT2D eigenvalue weighted by Gasteiger charge is 2.05. The first-order valence-electron chi connectivity index (χ1n) is 9.69. The fraction of sp³-hybridized carbons (Fsp3) is 0.348. The number of esters is 1. The van der Waals surface area contributed by atoms with Crippen molar-refractivity contribution in [2.75, 3.05) is 19.5 Å². The lowest BCUT2D eigenvalue weighted by Gasteiger charge is -2.06. The first-order valence-corrected chi connectivity index (χ1v) is 11.6. The molecule has 0 radical (unpaired) electrons. The van der Waals surface area contributed by atoms with Gasteiger partial charge in [-0.25, -0.2) is 8.42 Å². The molecule has 0 saturated carbocycles. The molecule has 0 aliphatic heterocycles. The summed E-state index contributed by atoms with van der Waals surface area (Å²) in [7, 11) is -3.17. The molecule has 5 nitrogen and oxygen atoms in total. The van der Waals surface area contributed by atoms with Gasteiger partial charge in [-0.3, -0.25) is 4.79 Å². The molecule has 156 valence electrons. The Balaban J connectivity index is 1.71. The molecule has 0 heterocycles. The van der Waals surface area contributed by atoms with Crippen LogP contribution >= 0.6 is 0 Å². The van der Waals surface area contributed by atoms with Crippen molar-refractivity contribution in [3.05, 3.63) is 59.7 Å². The first-order chi connectivity index (χ1) is 13.8. The lowest BCUT2D eigenvalue weighted by molar-refractivity contribution is -0.141. The molecule has 0 spiro atoms. The van der Waals surface area contributed by atoms with Gasteiger partial charge >= 0.3 is 5.97 Å². The monoisotopic (exact) mass is 416 g/mol. The second-order valence-electron chi connectivity index (χ2n) is 6.85. The zero-order valence-electron chi connectivity index (χ0n) is 17.0. The number of carbonyl (C=O) groups excluding carboxylic acids is 1. The number of rotatable bonds is 11. The minimum absolute atomic E-state index is 0.225. The third kappa shape index (κ3) is 8.96. The quantitative estimate of drug-likeness (QED) is 0.300. The summed E-state index contributed by atoms with van der Waals surface area (Å²) >= 11 is 0. The van der Waals surface area contributed by atoms with Crippen LogP contribution in [0.5, 0.6) is 5.75 Å². The van der Waals surface area contributed by atoms with E-state index in [9.17, 15) is 13.2 Å². The molecule has 2 rings (SSSR count). The second-order valence-corrected chi connectivity index (χ2v) is 8.86. The van der Waals surface area contributed by atoms with Crippen molar-refractivity contribution >= 4 is 28.0 Å². The van der Waals surface area contributed by atoms with Gasteiger partial charge in [0.1, 0.15) is 5.75 Å². The molecule has 2 aromatic carbocycles. The van der Waals surface area contributed by atoms with Crippen molar-refractivity contribution in [2.24, 2.45) is 0 Å². The van der Waals surface area contributed by atoms with E-state index < -0.39 is 9.84 Å². The largest absolute Gasteiger partial charge is 0.494 e. The smallest absolute Gasteiger partial charge is 0.302 e. The van der Waals surface area contributed by atoms with E-state index in [-0.39, 0.29) is 5.97 Å². The molecule has 0 amide bonds. The Kier molecular flexibility index (Phi) is 8.93. The molecule has 0 aliphatic carbocycles. The lowest BCUT2D eigenvalue weighted by atomic mass is 10.1. The summed E-state index contributed by atoms with van der Waals surface area (Å²) in [5, 5.41) is 0. The van der Waals surface area contributed by atoms with Crippen LogP contribution in [-0.4, -0.2) is 33.9 Å². The van der Waals surface area contributed by atoms with Crippen molar-refractivity contribution < 1.29 is 22.7 Å². The summed E-state index contributed by atoms with van der Waals surface area (Å²) in [5.74, 6) is 0.607.